The molecule has 268 valence electrons. The summed E-state index contributed by atoms with van der Waals surface area (Å²) in [7, 11) is -2.35. The Bertz CT molecular complexity index is 2230. The van der Waals surface area contributed by atoms with Crippen molar-refractivity contribution >= 4 is 73.5 Å². The maximum absolute atomic E-state index is 13.3. The Morgan fingerprint density at radius 1 is 0.808 bits per heavy atom. The number of rotatable bonds is 15. The van der Waals surface area contributed by atoms with E-state index in [4.69, 9.17) is 44.3 Å². The second-order valence-electron chi connectivity index (χ2n) is 11.9. The average Bonchev–Trinajstić information content (AvgIpc) is 3.43. The molecule has 0 saturated carbocycles. The first-order chi connectivity index (χ1) is 25.1. The number of methoxy groups -OCH3 is 1. The molecule has 0 aliphatic rings. The molecule has 1 N–H and O–H groups in total. The summed E-state index contributed by atoms with van der Waals surface area (Å²) in [5.74, 6) is 0.184. The van der Waals surface area contributed by atoms with E-state index in [2.05, 4.69) is 33.6 Å². The lowest BCUT2D eigenvalue weighted by atomic mass is 9.97. The molecule has 0 bridgehead atoms. The molecule has 12 heteroatoms. The number of aromatic nitrogens is 1. The third-order valence-corrected chi connectivity index (χ3v) is 12.4. The number of carbonyl (C=O) groups is 1. The van der Waals surface area contributed by atoms with Gasteiger partial charge in [-0.2, -0.15) is 0 Å². The minimum Gasteiger partial charge on any atom is -0.493 e. The Hall–Kier alpha value is -3.96. The number of hydrogen-bond donors (Lipinski definition) is 1. The summed E-state index contributed by atoms with van der Waals surface area (Å²) in [5.41, 5.74) is 5.50. The Morgan fingerprint density at radius 3 is 2.08 bits per heavy atom. The van der Waals surface area contributed by atoms with Gasteiger partial charge in [-0.15, -0.1) is 11.8 Å². The van der Waals surface area contributed by atoms with Gasteiger partial charge in [-0.1, -0.05) is 95.5 Å². The van der Waals surface area contributed by atoms with Gasteiger partial charge in [0, 0.05) is 50.9 Å². The number of ether oxygens (including phenoxy) is 2. The summed E-state index contributed by atoms with van der Waals surface area (Å²) in [6.07, 6.45) is 0.892. The fraction of sp³-hybridized carbons (Fsp3) is 0.175. The van der Waals surface area contributed by atoms with Crippen LogP contribution in [0.15, 0.2) is 126 Å². The molecular formula is C40H35Cl3N2O5S2. The summed E-state index contributed by atoms with van der Waals surface area (Å²) in [4.78, 5) is 12.5. The first-order valence-electron chi connectivity index (χ1n) is 16.4. The summed E-state index contributed by atoms with van der Waals surface area (Å²) in [6, 6.07) is 37.9. The SMILES string of the molecule is COC(=O)c1ccc(OCCc2c(CCNS(=O)(=O)CSc3ccc(Cl)cc3Cl)n(C(c3ccccc3)c3ccccc3)c3ccc(Cl)cc23)cc1. The zero-order valence-corrected chi connectivity index (χ0v) is 32.0. The number of fused-ring (bicyclic) bond motifs is 1. The fourth-order valence-electron chi connectivity index (χ4n) is 6.19. The van der Waals surface area contributed by atoms with Crippen molar-refractivity contribution in [2.24, 2.45) is 0 Å². The molecule has 1 aromatic heterocycles. The Balaban J connectivity index is 1.35. The van der Waals surface area contributed by atoms with E-state index in [-0.39, 0.29) is 17.7 Å². The Morgan fingerprint density at radius 2 is 1.44 bits per heavy atom. The zero-order chi connectivity index (χ0) is 36.7. The summed E-state index contributed by atoms with van der Waals surface area (Å²) >= 11 is 20.1. The molecule has 5 aromatic carbocycles. The number of benzene rings is 5. The standard InChI is InChI=1S/C40H35Cl3N2O5S2/c1-49-40(46)29-12-16-32(17-13-29)50-23-21-33-34-24-30(41)14-18-36(34)45(39(27-8-4-2-5-9-27)28-10-6-3-7-11-28)37(33)20-22-44-52(47,48)26-51-38-19-15-31(42)25-35(38)43/h2-19,24-25,39,44H,20-23,26H2,1H3. The van der Waals surface area contributed by atoms with Crippen LogP contribution in [0.3, 0.4) is 0 Å². The van der Waals surface area contributed by atoms with Gasteiger partial charge in [0.1, 0.15) is 10.8 Å². The third-order valence-electron chi connectivity index (χ3n) is 8.51. The highest BCUT2D eigenvalue weighted by Gasteiger charge is 2.26. The van der Waals surface area contributed by atoms with Gasteiger partial charge in [0.15, 0.2) is 0 Å². The monoisotopic (exact) mass is 792 g/mol. The van der Waals surface area contributed by atoms with Crippen LogP contribution in [0.1, 0.15) is 38.8 Å². The number of halogens is 3. The first kappa shape index (κ1) is 37.8. The quantitative estimate of drug-likeness (QED) is 0.0824. The van der Waals surface area contributed by atoms with Crippen LogP contribution >= 0.6 is 46.6 Å². The molecule has 0 aliphatic carbocycles. The number of nitrogens with one attached hydrogen (secondary N) is 1. The van der Waals surface area contributed by atoms with Crippen molar-refractivity contribution in [2.75, 3.05) is 25.3 Å². The zero-order valence-electron chi connectivity index (χ0n) is 28.1. The van der Waals surface area contributed by atoms with E-state index in [9.17, 15) is 13.2 Å². The number of thioether (sulfide) groups is 1. The lowest BCUT2D eigenvalue weighted by molar-refractivity contribution is 0.0600. The van der Waals surface area contributed by atoms with E-state index >= 15 is 0 Å². The van der Waals surface area contributed by atoms with E-state index in [1.807, 2.05) is 54.6 Å². The lowest BCUT2D eigenvalue weighted by Crippen LogP contribution is -2.28. The maximum atomic E-state index is 13.3. The molecule has 0 fully saturated rings. The van der Waals surface area contributed by atoms with Crippen molar-refractivity contribution < 1.29 is 22.7 Å². The van der Waals surface area contributed by atoms with Crippen LogP contribution in [0.2, 0.25) is 15.1 Å². The van der Waals surface area contributed by atoms with Crippen LogP contribution in [-0.4, -0.2) is 44.3 Å². The van der Waals surface area contributed by atoms with Crippen molar-refractivity contribution in [3.8, 4) is 5.75 Å². The molecule has 0 atom stereocenters. The molecular weight excluding hydrogens is 759 g/mol. The van der Waals surface area contributed by atoms with Crippen molar-refractivity contribution in [2.45, 2.75) is 23.8 Å². The van der Waals surface area contributed by atoms with Gasteiger partial charge in [0.25, 0.3) is 0 Å². The van der Waals surface area contributed by atoms with Gasteiger partial charge in [-0.25, -0.2) is 17.9 Å². The van der Waals surface area contributed by atoms with Gasteiger partial charge in [0.05, 0.1) is 30.3 Å². The van der Waals surface area contributed by atoms with E-state index < -0.39 is 16.0 Å². The minimum absolute atomic E-state index is 0.153. The number of nitrogens with zero attached hydrogens (tertiary/aromatic N) is 1. The highest BCUT2D eigenvalue weighted by atomic mass is 35.5. The van der Waals surface area contributed by atoms with Crippen LogP contribution in [0.5, 0.6) is 5.75 Å². The molecule has 0 radical (unpaired) electrons. The molecule has 52 heavy (non-hydrogen) atoms. The van der Waals surface area contributed by atoms with Crippen LogP contribution in [-0.2, 0) is 27.6 Å². The van der Waals surface area contributed by atoms with Crippen LogP contribution in [0.4, 0.5) is 0 Å². The number of carbonyl (C=O) groups excluding carboxylic acids is 1. The Labute approximate surface area is 322 Å². The Kier molecular flexibility index (Phi) is 12.5. The van der Waals surface area contributed by atoms with Gasteiger partial charge in [-0.3, -0.25) is 0 Å². The largest absolute Gasteiger partial charge is 0.493 e. The van der Waals surface area contributed by atoms with E-state index in [0.717, 1.165) is 45.0 Å². The topological polar surface area (TPSA) is 86.6 Å². The smallest absolute Gasteiger partial charge is 0.337 e. The van der Waals surface area contributed by atoms with Crippen molar-refractivity contribution in [1.29, 1.82) is 0 Å². The molecule has 0 aliphatic heterocycles. The molecule has 0 unspecified atom stereocenters. The number of esters is 1. The first-order valence-corrected chi connectivity index (χ1v) is 20.2. The normalized spacial score (nSPS) is 11.6. The van der Waals surface area contributed by atoms with E-state index in [1.54, 1.807) is 42.5 Å². The molecule has 7 nitrogen and oxygen atoms in total. The minimum atomic E-state index is -3.70. The van der Waals surface area contributed by atoms with Crippen molar-refractivity contribution in [1.82, 2.24) is 9.29 Å². The summed E-state index contributed by atoms with van der Waals surface area (Å²) in [5, 5.41) is 2.22. The van der Waals surface area contributed by atoms with Gasteiger partial charge in [-0.05, 0) is 77.4 Å². The van der Waals surface area contributed by atoms with Gasteiger partial charge in [0.2, 0.25) is 10.0 Å². The fourth-order valence-corrected chi connectivity index (χ4v) is 9.17. The van der Waals surface area contributed by atoms with Crippen LogP contribution in [0, 0.1) is 0 Å². The third kappa shape index (κ3) is 9.15. The molecule has 6 rings (SSSR count). The van der Waals surface area contributed by atoms with E-state index in [1.165, 1.54) is 7.11 Å². The molecule has 0 saturated heterocycles. The van der Waals surface area contributed by atoms with Crippen LogP contribution < -0.4 is 9.46 Å². The summed E-state index contributed by atoms with van der Waals surface area (Å²) in [6.45, 7) is 0.474. The highest BCUT2D eigenvalue weighted by molar-refractivity contribution is 8.11. The second kappa shape index (κ2) is 17.2. The second-order valence-corrected chi connectivity index (χ2v) is 16.4. The lowest BCUT2D eigenvalue weighted by Gasteiger charge is -2.25. The van der Waals surface area contributed by atoms with E-state index in [0.29, 0.717) is 50.7 Å². The maximum Gasteiger partial charge on any atom is 0.337 e. The molecule has 0 spiro atoms. The molecule has 1 heterocycles. The van der Waals surface area contributed by atoms with Crippen molar-refractivity contribution in [3.05, 3.63) is 164 Å². The summed E-state index contributed by atoms with van der Waals surface area (Å²) < 4.78 is 42.6. The van der Waals surface area contributed by atoms with Gasteiger partial charge >= 0.3 is 5.97 Å². The number of hydrogen-bond acceptors (Lipinski definition) is 6. The molecule has 0 amide bonds. The van der Waals surface area contributed by atoms with Crippen LogP contribution in [0.25, 0.3) is 10.9 Å². The molecule has 6 aromatic rings. The number of sulfonamides is 1. The predicted molar refractivity (Wildman–Crippen MR) is 212 cm³/mol. The van der Waals surface area contributed by atoms with Gasteiger partial charge < -0.3 is 14.0 Å². The average molecular weight is 794 g/mol. The highest BCUT2D eigenvalue weighted by Crippen LogP contribution is 2.38. The predicted octanol–water partition coefficient (Wildman–Crippen LogP) is 9.86. The van der Waals surface area contributed by atoms with Crippen molar-refractivity contribution in [3.63, 3.8) is 0 Å².